The number of nitrogens with zero attached hydrogens (tertiary/aromatic N) is 2. The second-order valence-electron chi connectivity index (χ2n) is 3.31. The molecular weight excluding hydrogens is 190 g/mol. The number of hydrogen-bond donors (Lipinski definition) is 1. The molecule has 15 heavy (non-hydrogen) atoms. The van der Waals surface area contributed by atoms with Gasteiger partial charge in [0.15, 0.2) is 0 Å². The van der Waals surface area contributed by atoms with E-state index in [2.05, 4.69) is 15.3 Å². The highest BCUT2D eigenvalue weighted by Crippen LogP contribution is 2.17. The third-order valence-corrected chi connectivity index (χ3v) is 2.22. The molecule has 0 aliphatic carbocycles. The van der Waals surface area contributed by atoms with Crippen molar-refractivity contribution in [3.05, 3.63) is 41.5 Å². The minimum Gasteiger partial charge on any atom is -0.428 e. The first-order valence-corrected chi connectivity index (χ1v) is 4.82. The third kappa shape index (κ3) is 2.15. The molecule has 1 N–H and O–H groups in total. The van der Waals surface area contributed by atoms with Crippen molar-refractivity contribution in [2.24, 2.45) is 0 Å². The van der Waals surface area contributed by atoms with Gasteiger partial charge in [-0.25, -0.2) is 0 Å². The summed E-state index contributed by atoms with van der Waals surface area (Å²) < 4.78 is 5.52. The Hall–Kier alpha value is -1.84. The topological polar surface area (TPSA) is 51.0 Å². The van der Waals surface area contributed by atoms with Gasteiger partial charge in [0.25, 0.3) is 6.01 Å². The molecule has 2 heterocycles. The summed E-state index contributed by atoms with van der Waals surface area (Å²) in [5.41, 5.74) is 2.10. The van der Waals surface area contributed by atoms with E-state index in [0.29, 0.717) is 6.01 Å². The van der Waals surface area contributed by atoms with Gasteiger partial charge in [0.05, 0.1) is 5.69 Å². The Morgan fingerprint density at radius 2 is 2.07 bits per heavy atom. The lowest BCUT2D eigenvalue weighted by atomic mass is 10.1. The fraction of sp³-hybridized carbons (Fsp3) is 0.273. The van der Waals surface area contributed by atoms with Gasteiger partial charge >= 0.3 is 0 Å². The molecule has 2 aromatic heterocycles. The lowest BCUT2D eigenvalue weighted by molar-refractivity contribution is 0.528. The van der Waals surface area contributed by atoms with Crippen LogP contribution in [0.4, 0.5) is 6.01 Å². The van der Waals surface area contributed by atoms with Crippen molar-refractivity contribution >= 4 is 6.01 Å². The summed E-state index contributed by atoms with van der Waals surface area (Å²) in [5.74, 6) is 0.894. The summed E-state index contributed by atoms with van der Waals surface area (Å²) in [6, 6.07) is 4.51. The van der Waals surface area contributed by atoms with Crippen LogP contribution < -0.4 is 5.32 Å². The van der Waals surface area contributed by atoms with Crippen molar-refractivity contribution < 1.29 is 4.42 Å². The van der Waals surface area contributed by atoms with Crippen LogP contribution in [0.5, 0.6) is 0 Å². The van der Waals surface area contributed by atoms with E-state index in [1.807, 2.05) is 19.1 Å². The van der Waals surface area contributed by atoms with Gasteiger partial charge in [-0.3, -0.25) is 4.98 Å². The van der Waals surface area contributed by atoms with E-state index < -0.39 is 0 Å². The van der Waals surface area contributed by atoms with Crippen LogP contribution in [0.1, 0.15) is 17.0 Å². The monoisotopic (exact) mass is 203 g/mol. The Balaban J connectivity index is 2.21. The standard InChI is InChI=1S/C11H13N3O/c1-8-10(15-11(12-2)14-8)7-9-3-5-13-6-4-9/h3-6H,7H2,1-2H3,(H,12,14). The van der Waals surface area contributed by atoms with Gasteiger partial charge in [0.1, 0.15) is 5.76 Å². The minimum atomic E-state index is 0.566. The first kappa shape index (κ1) is 9.71. The van der Waals surface area contributed by atoms with Crippen LogP contribution in [0.2, 0.25) is 0 Å². The number of rotatable bonds is 3. The average molecular weight is 203 g/mol. The van der Waals surface area contributed by atoms with Gasteiger partial charge in [0.2, 0.25) is 0 Å². The molecule has 4 nitrogen and oxygen atoms in total. The Kier molecular flexibility index (Phi) is 2.67. The highest BCUT2D eigenvalue weighted by atomic mass is 16.4. The van der Waals surface area contributed by atoms with Crippen molar-refractivity contribution in [2.45, 2.75) is 13.3 Å². The lowest BCUT2D eigenvalue weighted by Gasteiger charge is -1.97. The zero-order chi connectivity index (χ0) is 10.7. The van der Waals surface area contributed by atoms with Crippen molar-refractivity contribution in [1.29, 1.82) is 0 Å². The van der Waals surface area contributed by atoms with Gasteiger partial charge < -0.3 is 9.73 Å². The summed E-state index contributed by atoms with van der Waals surface area (Å²) in [6.45, 7) is 1.95. The van der Waals surface area contributed by atoms with Crippen LogP contribution >= 0.6 is 0 Å². The maximum absolute atomic E-state index is 5.52. The van der Waals surface area contributed by atoms with Crippen LogP contribution in [0.3, 0.4) is 0 Å². The molecule has 0 fully saturated rings. The second-order valence-corrected chi connectivity index (χ2v) is 3.31. The van der Waals surface area contributed by atoms with E-state index in [1.54, 1.807) is 19.4 Å². The van der Waals surface area contributed by atoms with E-state index in [9.17, 15) is 0 Å². The molecule has 0 radical (unpaired) electrons. The number of aryl methyl sites for hydroxylation is 1. The predicted octanol–water partition coefficient (Wildman–Crippen LogP) is 2.01. The number of aromatic nitrogens is 2. The summed E-state index contributed by atoms with van der Waals surface area (Å²) >= 11 is 0. The molecule has 4 heteroatoms. The molecule has 0 saturated heterocycles. The molecular formula is C11H13N3O. The molecule has 0 atom stereocenters. The van der Waals surface area contributed by atoms with Gasteiger partial charge in [0, 0.05) is 25.9 Å². The zero-order valence-corrected chi connectivity index (χ0v) is 8.82. The Morgan fingerprint density at radius 3 is 2.67 bits per heavy atom. The summed E-state index contributed by atoms with van der Waals surface area (Å²) in [7, 11) is 1.79. The molecule has 0 aromatic carbocycles. The summed E-state index contributed by atoms with van der Waals surface area (Å²) in [4.78, 5) is 8.20. The van der Waals surface area contributed by atoms with E-state index >= 15 is 0 Å². The van der Waals surface area contributed by atoms with E-state index in [1.165, 1.54) is 5.56 Å². The van der Waals surface area contributed by atoms with Crippen LogP contribution in [0, 0.1) is 6.92 Å². The van der Waals surface area contributed by atoms with Gasteiger partial charge in [-0.05, 0) is 24.6 Å². The smallest absolute Gasteiger partial charge is 0.294 e. The Bertz CT molecular complexity index is 436. The van der Waals surface area contributed by atoms with Crippen molar-refractivity contribution in [2.75, 3.05) is 12.4 Å². The highest BCUT2D eigenvalue weighted by molar-refractivity contribution is 5.27. The first-order chi connectivity index (χ1) is 7.29. The number of hydrogen-bond acceptors (Lipinski definition) is 4. The molecule has 0 saturated carbocycles. The lowest BCUT2D eigenvalue weighted by Crippen LogP contribution is -1.88. The van der Waals surface area contributed by atoms with Crippen molar-refractivity contribution in [1.82, 2.24) is 9.97 Å². The molecule has 0 spiro atoms. The molecule has 0 bridgehead atoms. The summed E-state index contributed by atoms with van der Waals surface area (Å²) in [5, 5.41) is 2.88. The first-order valence-electron chi connectivity index (χ1n) is 4.82. The van der Waals surface area contributed by atoms with Crippen LogP contribution in [-0.4, -0.2) is 17.0 Å². The number of anilines is 1. The number of nitrogens with one attached hydrogen (secondary N) is 1. The molecule has 0 aliphatic rings. The van der Waals surface area contributed by atoms with Gasteiger partial charge in [-0.2, -0.15) is 4.98 Å². The molecule has 78 valence electrons. The highest BCUT2D eigenvalue weighted by Gasteiger charge is 2.08. The Morgan fingerprint density at radius 1 is 1.33 bits per heavy atom. The SMILES string of the molecule is CNc1nc(C)c(Cc2ccncc2)o1. The average Bonchev–Trinajstić information content (AvgIpc) is 2.61. The molecule has 0 aliphatic heterocycles. The van der Waals surface area contributed by atoms with Crippen LogP contribution in [-0.2, 0) is 6.42 Å². The maximum atomic E-state index is 5.52. The minimum absolute atomic E-state index is 0.566. The van der Waals surface area contributed by atoms with E-state index in [-0.39, 0.29) is 0 Å². The predicted molar refractivity (Wildman–Crippen MR) is 57.8 cm³/mol. The summed E-state index contributed by atoms with van der Waals surface area (Å²) in [6.07, 6.45) is 4.31. The molecule has 0 amide bonds. The van der Waals surface area contributed by atoms with Gasteiger partial charge in [-0.1, -0.05) is 0 Å². The maximum Gasteiger partial charge on any atom is 0.294 e. The third-order valence-electron chi connectivity index (χ3n) is 2.22. The number of oxazole rings is 1. The fourth-order valence-corrected chi connectivity index (χ4v) is 1.39. The van der Waals surface area contributed by atoms with E-state index in [0.717, 1.165) is 17.9 Å². The van der Waals surface area contributed by atoms with Gasteiger partial charge in [-0.15, -0.1) is 0 Å². The normalized spacial score (nSPS) is 10.3. The second kappa shape index (κ2) is 4.13. The Labute approximate surface area is 88.4 Å². The largest absolute Gasteiger partial charge is 0.428 e. The van der Waals surface area contributed by atoms with Crippen molar-refractivity contribution in [3.63, 3.8) is 0 Å². The number of pyridine rings is 1. The van der Waals surface area contributed by atoms with Crippen molar-refractivity contribution in [3.8, 4) is 0 Å². The molecule has 2 aromatic rings. The molecule has 2 rings (SSSR count). The fourth-order valence-electron chi connectivity index (χ4n) is 1.39. The zero-order valence-electron chi connectivity index (χ0n) is 8.82. The van der Waals surface area contributed by atoms with E-state index in [4.69, 9.17) is 4.42 Å². The van der Waals surface area contributed by atoms with Crippen LogP contribution in [0.25, 0.3) is 0 Å². The molecule has 0 unspecified atom stereocenters. The quantitative estimate of drug-likeness (QED) is 0.829. The van der Waals surface area contributed by atoms with Crippen LogP contribution in [0.15, 0.2) is 28.9 Å².